The fourth-order valence-electron chi connectivity index (χ4n) is 3.03. The molecular weight excluding hydrogens is 356 g/mol. The van der Waals surface area contributed by atoms with Crippen LogP contribution in [0.15, 0.2) is 78.9 Å². The molecule has 2 unspecified atom stereocenters. The first-order valence-electron chi connectivity index (χ1n) is 8.95. The molecule has 0 aliphatic carbocycles. The van der Waals surface area contributed by atoms with Crippen LogP contribution in [0.25, 0.3) is 0 Å². The maximum Gasteiger partial charge on any atom is 0.269 e. The zero-order valence-electron chi connectivity index (χ0n) is 15.5. The highest BCUT2D eigenvalue weighted by Crippen LogP contribution is 2.31. The van der Waals surface area contributed by atoms with Crippen molar-refractivity contribution in [3.8, 4) is 5.75 Å². The number of hydrogen-bond donors (Lipinski definition) is 2. The van der Waals surface area contributed by atoms with Gasteiger partial charge < -0.3 is 15.2 Å². The van der Waals surface area contributed by atoms with Gasteiger partial charge in [-0.15, -0.1) is 0 Å². The number of nitrogens with one attached hydrogen (secondary N) is 1. The Labute approximate surface area is 163 Å². The molecule has 0 bridgehead atoms. The van der Waals surface area contributed by atoms with Crippen LogP contribution < -0.4 is 10.1 Å². The fourth-order valence-corrected chi connectivity index (χ4v) is 3.03. The predicted octanol–water partition coefficient (Wildman–Crippen LogP) is 4.88. The minimum atomic E-state index is -0.654. The molecule has 0 aromatic heterocycles. The van der Waals surface area contributed by atoms with Crippen LogP contribution in [0.5, 0.6) is 5.75 Å². The maximum absolute atomic E-state index is 10.9. The van der Waals surface area contributed by atoms with E-state index in [0.717, 1.165) is 22.6 Å². The average molecular weight is 378 g/mol. The molecule has 0 aliphatic rings. The summed E-state index contributed by atoms with van der Waals surface area (Å²) in [6.07, 6.45) is -0.216. The Kier molecular flexibility index (Phi) is 6.24. The van der Waals surface area contributed by atoms with Crippen molar-refractivity contribution in [2.24, 2.45) is 0 Å². The molecule has 3 aromatic carbocycles. The topological polar surface area (TPSA) is 84.6 Å². The van der Waals surface area contributed by atoms with Crippen molar-refractivity contribution < 1.29 is 14.8 Å². The minimum absolute atomic E-state index is 0.0378. The molecule has 0 heterocycles. The van der Waals surface area contributed by atoms with E-state index in [4.69, 9.17) is 4.74 Å². The molecule has 0 fully saturated rings. The first-order valence-corrected chi connectivity index (χ1v) is 8.95. The van der Waals surface area contributed by atoms with Gasteiger partial charge in [-0.2, -0.15) is 0 Å². The summed E-state index contributed by atoms with van der Waals surface area (Å²) in [5, 5.41) is 24.9. The van der Waals surface area contributed by atoms with Crippen molar-refractivity contribution in [2.75, 3.05) is 12.4 Å². The van der Waals surface area contributed by atoms with Gasteiger partial charge in [0.1, 0.15) is 5.75 Å². The highest BCUT2D eigenvalue weighted by Gasteiger charge is 2.18. The van der Waals surface area contributed by atoms with Crippen LogP contribution in [0.4, 0.5) is 11.4 Å². The van der Waals surface area contributed by atoms with Crippen molar-refractivity contribution in [2.45, 2.75) is 18.6 Å². The third-order valence-electron chi connectivity index (χ3n) is 4.58. The van der Waals surface area contributed by atoms with E-state index in [1.807, 2.05) is 54.6 Å². The van der Waals surface area contributed by atoms with Crippen LogP contribution in [-0.4, -0.2) is 17.1 Å². The molecule has 0 saturated carbocycles. The third-order valence-corrected chi connectivity index (χ3v) is 4.58. The van der Waals surface area contributed by atoms with E-state index in [-0.39, 0.29) is 11.7 Å². The summed E-state index contributed by atoms with van der Waals surface area (Å²) in [4.78, 5) is 10.4. The summed E-state index contributed by atoms with van der Waals surface area (Å²) in [6, 6.07) is 23.2. The third kappa shape index (κ3) is 4.86. The van der Waals surface area contributed by atoms with Crippen molar-refractivity contribution in [1.29, 1.82) is 0 Å². The van der Waals surface area contributed by atoms with E-state index < -0.39 is 11.0 Å². The number of nitro benzene ring substituents is 1. The SMILES string of the molecule is COc1ccc(C(CC(O)c2ccccc2)Nc2ccc([N+](=O)[O-])cc2)cc1. The number of hydrogen-bond acceptors (Lipinski definition) is 5. The smallest absolute Gasteiger partial charge is 0.269 e. The van der Waals surface area contributed by atoms with Gasteiger partial charge in [0.05, 0.1) is 24.2 Å². The molecule has 3 aromatic rings. The molecule has 6 heteroatoms. The van der Waals surface area contributed by atoms with E-state index in [1.54, 1.807) is 19.2 Å². The number of anilines is 1. The Bertz CT molecular complexity index is 896. The molecule has 3 rings (SSSR count). The van der Waals surface area contributed by atoms with Crippen molar-refractivity contribution in [1.82, 2.24) is 0 Å². The summed E-state index contributed by atoms with van der Waals surface area (Å²) in [5.74, 6) is 0.751. The average Bonchev–Trinajstić information content (AvgIpc) is 2.74. The van der Waals surface area contributed by atoms with Crippen molar-refractivity contribution in [3.63, 3.8) is 0 Å². The molecule has 0 aliphatic heterocycles. The summed E-state index contributed by atoms with van der Waals surface area (Å²) in [7, 11) is 1.61. The lowest BCUT2D eigenvalue weighted by Gasteiger charge is -2.24. The van der Waals surface area contributed by atoms with Gasteiger partial charge in [-0.3, -0.25) is 10.1 Å². The van der Waals surface area contributed by atoms with Gasteiger partial charge in [-0.1, -0.05) is 42.5 Å². The largest absolute Gasteiger partial charge is 0.497 e. The molecule has 28 heavy (non-hydrogen) atoms. The van der Waals surface area contributed by atoms with Crippen LogP contribution in [0.1, 0.15) is 29.7 Å². The monoisotopic (exact) mass is 378 g/mol. The lowest BCUT2D eigenvalue weighted by atomic mass is 9.96. The van der Waals surface area contributed by atoms with Gasteiger partial charge in [-0.05, 0) is 35.4 Å². The first kappa shape index (κ1) is 19.4. The number of benzene rings is 3. The molecule has 6 nitrogen and oxygen atoms in total. The molecular formula is C22H22N2O4. The highest BCUT2D eigenvalue weighted by molar-refractivity contribution is 5.50. The molecule has 0 radical (unpaired) electrons. The normalized spacial score (nSPS) is 12.8. The van der Waals surface area contributed by atoms with E-state index in [9.17, 15) is 15.2 Å². The predicted molar refractivity (Wildman–Crippen MR) is 108 cm³/mol. The zero-order valence-corrected chi connectivity index (χ0v) is 15.5. The summed E-state index contributed by atoms with van der Waals surface area (Å²) in [6.45, 7) is 0. The molecule has 2 atom stereocenters. The number of aliphatic hydroxyl groups excluding tert-OH is 1. The van der Waals surface area contributed by atoms with Crippen molar-refractivity contribution in [3.05, 3.63) is 100 Å². The highest BCUT2D eigenvalue weighted by atomic mass is 16.6. The molecule has 0 spiro atoms. The Morgan fingerprint density at radius 2 is 1.61 bits per heavy atom. The van der Waals surface area contributed by atoms with Gasteiger partial charge in [0, 0.05) is 24.2 Å². The number of aliphatic hydroxyl groups is 1. The number of ether oxygens (including phenoxy) is 1. The number of non-ortho nitro benzene ring substituents is 1. The van der Waals surface area contributed by atoms with Gasteiger partial charge in [0.15, 0.2) is 0 Å². The van der Waals surface area contributed by atoms with Gasteiger partial charge in [-0.25, -0.2) is 0 Å². The van der Waals surface area contributed by atoms with Crippen molar-refractivity contribution >= 4 is 11.4 Å². The standard InChI is InChI=1S/C22H22N2O4/c1-28-20-13-7-16(8-14-20)21(15-22(25)17-5-3-2-4-6-17)23-18-9-11-19(12-10-18)24(26)27/h2-14,21-23,25H,15H2,1H3. The number of rotatable bonds is 8. The second-order valence-corrected chi connectivity index (χ2v) is 6.44. The Morgan fingerprint density at radius 1 is 0.964 bits per heavy atom. The van der Waals surface area contributed by atoms with E-state index >= 15 is 0 Å². The molecule has 144 valence electrons. The van der Waals surface area contributed by atoms with Crippen LogP contribution >= 0.6 is 0 Å². The summed E-state index contributed by atoms with van der Waals surface area (Å²) >= 11 is 0. The van der Waals surface area contributed by atoms with Gasteiger partial charge in [0.2, 0.25) is 0 Å². The summed E-state index contributed by atoms with van der Waals surface area (Å²) < 4.78 is 5.22. The number of nitrogens with zero attached hydrogens (tertiary/aromatic N) is 1. The van der Waals surface area contributed by atoms with E-state index in [1.165, 1.54) is 12.1 Å². The van der Waals surface area contributed by atoms with E-state index in [0.29, 0.717) is 6.42 Å². The zero-order chi connectivity index (χ0) is 19.9. The Balaban J connectivity index is 1.83. The van der Waals surface area contributed by atoms with E-state index in [2.05, 4.69) is 5.32 Å². The maximum atomic E-state index is 10.9. The second kappa shape index (κ2) is 9.01. The van der Waals surface area contributed by atoms with Crippen LogP contribution in [0.2, 0.25) is 0 Å². The van der Waals surface area contributed by atoms with Gasteiger partial charge >= 0.3 is 0 Å². The minimum Gasteiger partial charge on any atom is -0.497 e. The van der Waals surface area contributed by atoms with Gasteiger partial charge in [0.25, 0.3) is 5.69 Å². The Morgan fingerprint density at radius 3 is 2.18 bits per heavy atom. The second-order valence-electron chi connectivity index (χ2n) is 6.44. The van der Waals surface area contributed by atoms with Crippen LogP contribution in [-0.2, 0) is 0 Å². The summed E-state index contributed by atoms with van der Waals surface area (Å²) in [5.41, 5.74) is 2.60. The number of nitro groups is 1. The lowest BCUT2D eigenvalue weighted by Crippen LogP contribution is -2.15. The Hall–Kier alpha value is -3.38. The van der Waals surface area contributed by atoms with Crippen LogP contribution in [0, 0.1) is 10.1 Å². The number of methoxy groups -OCH3 is 1. The molecule has 0 amide bonds. The molecule has 0 saturated heterocycles. The van der Waals surface area contributed by atoms with Crippen LogP contribution in [0.3, 0.4) is 0 Å². The lowest BCUT2D eigenvalue weighted by molar-refractivity contribution is -0.384. The first-order chi connectivity index (χ1) is 13.6. The quantitative estimate of drug-likeness (QED) is 0.431. The molecule has 2 N–H and O–H groups in total. The fraction of sp³-hybridized carbons (Fsp3) is 0.182.